The Kier molecular flexibility index (Phi) is 3.16. The van der Waals surface area contributed by atoms with Crippen LogP contribution in [0.15, 0.2) is 20.4 Å². The van der Waals surface area contributed by atoms with Crippen molar-refractivity contribution in [2.45, 2.75) is 31.4 Å². The Hall–Kier alpha value is -1.76. The van der Waals surface area contributed by atoms with Crippen molar-refractivity contribution in [3.05, 3.63) is 22.1 Å². The highest BCUT2D eigenvalue weighted by Crippen LogP contribution is 2.25. The molecule has 0 saturated heterocycles. The molecule has 7 heteroatoms. The molecule has 0 bridgehead atoms. The summed E-state index contributed by atoms with van der Waals surface area (Å²) >= 11 is 4.05. The van der Waals surface area contributed by atoms with Crippen LogP contribution in [0.4, 0.5) is 0 Å². The number of hydrogen-bond donors (Lipinski definition) is 2. The highest BCUT2D eigenvalue weighted by atomic mass is 32.1. The molecule has 2 aromatic heterocycles. The number of hydrogen-bond acceptors (Lipinski definition) is 5. The van der Waals surface area contributed by atoms with Crippen molar-refractivity contribution in [2.24, 2.45) is 0 Å². The van der Waals surface area contributed by atoms with Gasteiger partial charge in [0.25, 0.3) is 5.56 Å². The van der Waals surface area contributed by atoms with Crippen LogP contribution in [0.25, 0.3) is 11.0 Å². The smallest absolute Gasteiger partial charge is 0.325 e. The number of thiol groups is 1. The van der Waals surface area contributed by atoms with Crippen LogP contribution in [0.1, 0.15) is 25.5 Å². The molecule has 0 aliphatic carbocycles. The van der Waals surface area contributed by atoms with Gasteiger partial charge in [-0.3, -0.25) is 9.59 Å². The molecule has 6 nitrogen and oxygen atoms in total. The second-order valence-corrected chi connectivity index (χ2v) is 4.66. The van der Waals surface area contributed by atoms with Crippen molar-refractivity contribution >= 4 is 29.6 Å². The zero-order chi connectivity index (χ0) is 13.4. The minimum atomic E-state index is -1.12. The van der Waals surface area contributed by atoms with Gasteiger partial charge in [-0.05, 0) is 0 Å². The summed E-state index contributed by atoms with van der Waals surface area (Å²) in [5.41, 5.74) is 0.439. The van der Waals surface area contributed by atoms with Gasteiger partial charge < -0.3 is 9.52 Å². The Morgan fingerprint density at radius 3 is 2.83 bits per heavy atom. The van der Waals surface area contributed by atoms with E-state index >= 15 is 0 Å². The first-order valence-corrected chi connectivity index (χ1v) is 5.80. The highest BCUT2D eigenvalue weighted by Gasteiger charge is 2.18. The summed E-state index contributed by atoms with van der Waals surface area (Å²) in [5, 5.41) is 13.4. The molecule has 2 rings (SSSR count). The van der Waals surface area contributed by atoms with Gasteiger partial charge in [-0.1, -0.05) is 13.8 Å². The maximum atomic E-state index is 12.0. The lowest BCUT2D eigenvalue weighted by molar-refractivity contribution is -0.138. The lowest BCUT2D eigenvalue weighted by Crippen LogP contribution is -2.27. The Bertz CT molecular complexity index is 671. The number of nitrogens with zero attached hydrogens (tertiary/aromatic N) is 2. The van der Waals surface area contributed by atoms with Crippen LogP contribution in [0.2, 0.25) is 0 Å². The minimum Gasteiger partial charge on any atom is -0.480 e. The van der Waals surface area contributed by atoms with E-state index in [0.29, 0.717) is 21.8 Å². The van der Waals surface area contributed by atoms with E-state index in [0.717, 1.165) is 4.68 Å². The molecule has 0 spiro atoms. The third-order valence-corrected chi connectivity index (χ3v) is 2.70. The summed E-state index contributed by atoms with van der Waals surface area (Å²) in [6.45, 7) is 3.30. The Balaban J connectivity index is 2.78. The van der Waals surface area contributed by atoms with Crippen molar-refractivity contribution in [3.8, 4) is 0 Å². The quantitative estimate of drug-likeness (QED) is 0.824. The third-order valence-electron chi connectivity index (χ3n) is 2.48. The number of fused-ring (bicyclic) bond motifs is 1. The van der Waals surface area contributed by atoms with Crippen LogP contribution in [-0.4, -0.2) is 20.9 Å². The summed E-state index contributed by atoms with van der Waals surface area (Å²) in [6, 6.07) is 1.48. The Morgan fingerprint density at radius 1 is 1.61 bits per heavy atom. The van der Waals surface area contributed by atoms with E-state index in [1.807, 2.05) is 13.8 Å². The lowest BCUT2D eigenvalue weighted by atomic mass is 10.1. The molecule has 0 atom stereocenters. The van der Waals surface area contributed by atoms with Crippen LogP contribution in [0.5, 0.6) is 0 Å². The van der Waals surface area contributed by atoms with E-state index in [2.05, 4.69) is 17.7 Å². The Labute approximate surface area is 108 Å². The largest absolute Gasteiger partial charge is 0.480 e. The van der Waals surface area contributed by atoms with E-state index in [9.17, 15) is 9.59 Å². The van der Waals surface area contributed by atoms with Gasteiger partial charge in [0.2, 0.25) is 0 Å². The van der Waals surface area contributed by atoms with Gasteiger partial charge in [-0.15, -0.1) is 12.6 Å². The van der Waals surface area contributed by atoms with Crippen LogP contribution in [-0.2, 0) is 11.3 Å². The van der Waals surface area contributed by atoms with E-state index in [4.69, 9.17) is 9.52 Å². The molecule has 0 aromatic carbocycles. The molecular formula is C11H12N2O4S. The van der Waals surface area contributed by atoms with Gasteiger partial charge in [0, 0.05) is 12.0 Å². The maximum Gasteiger partial charge on any atom is 0.325 e. The standard InChI is InChI=1S/C11H12N2O4S/c1-5(2)9-10-6(3-8(18)17-10)11(16)13(12-9)4-7(14)15/h3,5,18H,4H2,1-2H3,(H,14,15). The molecule has 0 radical (unpaired) electrons. The van der Waals surface area contributed by atoms with Crippen molar-refractivity contribution in [1.82, 2.24) is 9.78 Å². The number of rotatable bonds is 3. The van der Waals surface area contributed by atoms with Crippen molar-refractivity contribution in [2.75, 3.05) is 0 Å². The van der Waals surface area contributed by atoms with Crippen LogP contribution >= 0.6 is 12.6 Å². The molecule has 2 heterocycles. The fourth-order valence-electron chi connectivity index (χ4n) is 1.70. The first-order chi connectivity index (χ1) is 8.40. The summed E-state index contributed by atoms with van der Waals surface area (Å²) in [4.78, 5) is 22.7. The van der Waals surface area contributed by atoms with Gasteiger partial charge in [0.05, 0.1) is 5.39 Å². The van der Waals surface area contributed by atoms with Crippen molar-refractivity contribution in [3.63, 3.8) is 0 Å². The summed E-state index contributed by atoms with van der Waals surface area (Å²) in [6.07, 6.45) is 0. The molecule has 2 aromatic rings. The fraction of sp³-hybridized carbons (Fsp3) is 0.364. The monoisotopic (exact) mass is 268 g/mol. The minimum absolute atomic E-state index is 0.00651. The van der Waals surface area contributed by atoms with Gasteiger partial charge in [-0.25, -0.2) is 4.68 Å². The molecule has 0 fully saturated rings. The number of carboxylic acid groups (broad SMARTS) is 1. The summed E-state index contributed by atoms with van der Waals surface area (Å²) in [5.74, 6) is -1.11. The SMILES string of the molecule is CC(C)c1nn(CC(=O)O)c(=O)c2cc(S)oc12. The highest BCUT2D eigenvalue weighted by molar-refractivity contribution is 7.80. The number of aromatic nitrogens is 2. The first-order valence-electron chi connectivity index (χ1n) is 5.35. The van der Waals surface area contributed by atoms with Crippen LogP contribution < -0.4 is 5.56 Å². The molecule has 0 saturated carbocycles. The second kappa shape index (κ2) is 4.49. The topological polar surface area (TPSA) is 85.3 Å². The zero-order valence-corrected chi connectivity index (χ0v) is 10.8. The van der Waals surface area contributed by atoms with Crippen molar-refractivity contribution < 1.29 is 14.3 Å². The van der Waals surface area contributed by atoms with Gasteiger partial charge in [0.15, 0.2) is 10.7 Å². The maximum absolute atomic E-state index is 12.0. The van der Waals surface area contributed by atoms with Gasteiger partial charge in [-0.2, -0.15) is 5.10 Å². The number of aliphatic carboxylic acids is 1. The van der Waals surface area contributed by atoms with Crippen LogP contribution in [0, 0.1) is 0 Å². The van der Waals surface area contributed by atoms with E-state index in [1.54, 1.807) is 0 Å². The molecular weight excluding hydrogens is 256 g/mol. The lowest BCUT2D eigenvalue weighted by Gasteiger charge is -2.08. The Morgan fingerprint density at radius 2 is 2.28 bits per heavy atom. The molecule has 0 aliphatic rings. The summed E-state index contributed by atoms with van der Waals surface area (Å²) < 4.78 is 6.28. The third kappa shape index (κ3) is 2.13. The number of furan rings is 1. The summed E-state index contributed by atoms with van der Waals surface area (Å²) in [7, 11) is 0. The molecule has 18 heavy (non-hydrogen) atoms. The average Bonchev–Trinajstić information content (AvgIpc) is 2.63. The van der Waals surface area contributed by atoms with E-state index in [-0.39, 0.29) is 5.92 Å². The number of carbonyl (C=O) groups is 1. The predicted octanol–water partition coefficient (Wildman–Crippen LogP) is 1.49. The normalized spacial score (nSPS) is 11.3. The number of carboxylic acids is 1. The van der Waals surface area contributed by atoms with Crippen LogP contribution in [0.3, 0.4) is 0 Å². The van der Waals surface area contributed by atoms with E-state index in [1.165, 1.54) is 6.07 Å². The molecule has 1 N–H and O–H groups in total. The molecule has 0 aliphatic heterocycles. The van der Waals surface area contributed by atoms with Gasteiger partial charge in [0.1, 0.15) is 12.2 Å². The van der Waals surface area contributed by atoms with E-state index < -0.39 is 18.1 Å². The predicted molar refractivity (Wildman–Crippen MR) is 67.2 cm³/mol. The van der Waals surface area contributed by atoms with Gasteiger partial charge >= 0.3 is 5.97 Å². The molecule has 96 valence electrons. The first kappa shape index (κ1) is 12.7. The molecule has 0 unspecified atom stereocenters. The zero-order valence-electron chi connectivity index (χ0n) is 9.88. The second-order valence-electron chi connectivity index (χ2n) is 4.22. The van der Waals surface area contributed by atoms with Crippen molar-refractivity contribution in [1.29, 1.82) is 0 Å². The average molecular weight is 268 g/mol. The fourth-order valence-corrected chi connectivity index (χ4v) is 1.92. The molecule has 0 amide bonds.